The molecule has 0 aliphatic heterocycles. The summed E-state index contributed by atoms with van der Waals surface area (Å²) < 4.78 is 19.2. The molecule has 0 fully saturated rings. The first-order valence-corrected chi connectivity index (χ1v) is 10.4. The quantitative estimate of drug-likeness (QED) is 0.408. The third kappa shape index (κ3) is 3.15. The molecule has 0 atom stereocenters. The summed E-state index contributed by atoms with van der Waals surface area (Å²) in [5.74, 6) is 1.89. The van der Waals surface area contributed by atoms with Gasteiger partial charge in [0.15, 0.2) is 11.5 Å². The number of aromatic nitrogens is 1. The molecule has 4 heteroatoms. The zero-order valence-corrected chi connectivity index (χ0v) is 18.0. The van der Waals surface area contributed by atoms with Crippen molar-refractivity contribution in [2.45, 2.75) is 12.8 Å². The van der Waals surface area contributed by atoms with E-state index in [1.54, 1.807) is 21.3 Å². The summed E-state index contributed by atoms with van der Waals surface area (Å²) in [6.07, 6.45) is 1.99. The Bertz CT molecular complexity index is 1220. The maximum absolute atomic E-state index is 5.65. The first-order chi connectivity index (χ1) is 15.2. The summed E-state index contributed by atoms with van der Waals surface area (Å²) in [5, 5.41) is 0. The molecule has 4 aromatic rings. The second-order valence-corrected chi connectivity index (χ2v) is 7.63. The predicted molar refractivity (Wildman–Crippen MR) is 124 cm³/mol. The van der Waals surface area contributed by atoms with Crippen LogP contribution in [-0.4, -0.2) is 25.9 Å². The molecule has 0 spiro atoms. The van der Waals surface area contributed by atoms with Crippen LogP contribution in [0.1, 0.15) is 11.3 Å². The third-order valence-electron chi connectivity index (χ3n) is 6.02. The van der Waals surface area contributed by atoms with Gasteiger partial charge in [-0.05, 0) is 35.6 Å². The average molecular weight is 412 g/mol. The van der Waals surface area contributed by atoms with Gasteiger partial charge in [-0.25, -0.2) is 0 Å². The highest BCUT2D eigenvalue weighted by molar-refractivity contribution is 5.80. The Morgan fingerprint density at radius 2 is 1.35 bits per heavy atom. The number of ether oxygens (including phenoxy) is 3. The summed E-state index contributed by atoms with van der Waals surface area (Å²) in [4.78, 5) is 0. The molecule has 156 valence electrons. The van der Waals surface area contributed by atoms with E-state index in [9.17, 15) is 0 Å². The minimum atomic E-state index is 0.599. The molecule has 1 aliphatic rings. The van der Waals surface area contributed by atoms with E-state index in [1.165, 1.54) is 27.9 Å². The van der Waals surface area contributed by atoms with Crippen molar-refractivity contribution in [1.82, 2.24) is 4.57 Å². The summed E-state index contributed by atoms with van der Waals surface area (Å²) in [6, 6.07) is 25.6. The van der Waals surface area contributed by atoms with Crippen molar-refractivity contribution in [3.8, 4) is 45.3 Å². The highest BCUT2D eigenvalue weighted by Gasteiger charge is 2.25. The molecule has 5 rings (SSSR count). The SMILES string of the molecule is COc1cc(-n2c(-c3ccccc3)cc3c2CCc2ccccc2-3)cc(OC)c1OC. The predicted octanol–water partition coefficient (Wildman–Crippen LogP) is 5.94. The fourth-order valence-electron chi connectivity index (χ4n) is 4.60. The number of fused-ring (bicyclic) bond motifs is 3. The van der Waals surface area contributed by atoms with Gasteiger partial charge in [0, 0.05) is 23.4 Å². The van der Waals surface area contributed by atoms with E-state index >= 15 is 0 Å². The van der Waals surface area contributed by atoms with Crippen LogP contribution in [0.25, 0.3) is 28.1 Å². The van der Waals surface area contributed by atoms with Gasteiger partial charge >= 0.3 is 0 Å². The molecule has 0 saturated heterocycles. The number of hydrogen-bond donors (Lipinski definition) is 0. The smallest absolute Gasteiger partial charge is 0.203 e. The molecule has 1 aliphatic carbocycles. The zero-order valence-electron chi connectivity index (χ0n) is 18.0. The molecule has 0 unspecified atom stereocenters. The largest absolute Gasteiger partial charge is 0.493 e. The minimum Gasteiger partial charge on any atom is -0.493 e. The second-order valence-electron chi connectivity index (χ2n) is 7.63. The summed E-state index contributed by atoms with van der Waals surface area (Å²) in [5.41, 5.74) is 8.61. The Labute approximate surface area is 182 Å². The first kappa shape index (κ1) is 19.3. The van der Waals surface area contributed by atoms with Crippen LogP contribution in [0.2, 0.25) is 0 Å². The maximum Gasteiger partial charge on any atom is 0.203 e. The minimum absolute atomic E-state index is 0.599. The lowest BCUT2D eigenvalue weighted by Crippen LogP contribution is -2.09. The third-order valence-corrected chi connectivity index (χ3v) is 6.02. The number of aryl methyl sites for hydroxylation is 1. The van der Waals surface area contributed by atoms with Gasteiger partial charge in [0.1, 0.15) is 0 Å². The number of methoxy groups -OCH3 is 3. The fraction of sp³-hybridized carbons (Fsp3) is 0.185. The molecule has 0 radical (unpaired) electrons. The molecule has 3 aromatic carbocycles. The van der Waals surface area contributed by atoms with Gasteiger partial charge in [-0.15, -0.1) is 0 Å². The lowest BCUT2D eigenvalue weighted by Gasteiger charge is -2.21. The molecule has 0 bridgehead atoms. The summed E-state index contributed by atoms with van der Waals surface area (Å²) >= 11 is 0. The van der Waals surface area contributed by atoms with Crippen molar-refractivity contribution in [3.63, 3.8) is 0 Å². The van der Waals surface area contributed by atoms with E-state index in [0.717, 1.165) is 24.2 Å². The van der Waals surface area contributed by atoms with Crippen LogP contribution in [0.15, 0.2) is 72.8 Å². The van der Waals surface area contributed by atoms with E-state index in [1.807, 2.05) is 18.2 Å². The van der Waals surface area contributed by atoms with E-state index in [-0.39, 0.29) is 0 Å². The van der Waals surface area contributed by atoms with E-state index in [2.05, 4.69) is 59.2 Å². The Kier molecular flexibility index (Phi) is 4.91. The van der Waals surface area contributed by atoms with E-state index in [0.29, 0.717) is 17.2 Å². The van der Waals surface area contributed by atoms with Crippen molar-refractivity contribution in [1.29, 1.82) is 0 Å². The van der Waals surface area contributed by atoms with Crippen LogP contribution in [0, 0.1) is 0 Å². The van der Waals surface area contributed by atoms with Crippen LogP contribution >= 0.6 is 0 Å². The van der Waals surface area contributed by atoms with Gasteiger partial charge in [0.2, 0.25) is 5.75 Å². The first-order valence-electron chi connectivity index (χ1n) is 10.4. The van der Waals surface area contributed by atoms with Gasteiger partial charge in [-0.3, -0.25) is 0 Å². The van der Waals surface area contributed by atoms with Gasteiger partial charge in [0.05, 0.1) is 32.7 Å². The average Bonchev–Trinajstić information content (AvgIpc) is 3.23. The van der Waals surface area contributed by atoms with Crippen LogP contribution < -0.4 is 14.2 Å². The van der Waals surface area contributed by atoms with Crippen LogP contribution in [0.4, 0.5) is 0 Å². The Morgan fingerprint density at radius 3 is 2.03 bits per heavy atom. The number of hydrogen-bond acceptors (Lipinski definition) is 3. The highest BCUT2D eigenvalue weighted by Crippen LogP contribution is 2.44. The summed E-state index contributed by atoms with van der Waals surface area (Å²) in [6.45, 7) is 0. The van der Waals surface area contributed by atoms with Crippen molar-refractivity contribution >= 4 is 0 Å². The molecule has 4 nitrogen and oxygen atoms in total. The second kappa shape index (κ2) is 7.88. The number of rotatable bonds is 5. The molecule has 1 heterocycles. The summed E-state index contributed by atoms with van der Waals surface area (Å²) in [7, 11) is 4.94. The van der Waals surface area contributed by atoms with Gasteiger partial charge in [-0.1, -0.05) is 54.6 Å². The molecule has 1 aromatic heterocycles. The van der Waals surface area contributed by atoms with Crippen molar-refractivity contribution in [2.75, 3.05) is 21.3 Å². The number of nitrogens with zero attached hydrogens (tertiary/aromatic N) is 1. The van der Waals surface area contributed by atoms with Gasteiger partial charge in [0.25, 0.3) is 0 Å². The molecule has 0 N–H and O–H groups in total. The molecular weight excluding hydrogens is 386 g/mol. The molecular formula is C27H25NO3. The highest BCUT2D eigenvalue weighted by atomic mass is 16.5. The van der Waals surface area contributed by atoms with Crippen molar-refractivity contribution in [3.05, 3.63) is 84.1 Å². The Morgan fingerprint density at radius 1 is 0.677 bits per heavy atom. The van der Waals surface area contributed by atoms with Crippen molar-refractivity contribution < 1.29 is 14.2 Å². The topological polar surface area (TPSA) is 32.6 Å². The fourth-order valence-corrected chi connectivity index (χ4v) is 4.60. The Hall–Kier alpha value is -3.66. The monoisotopic (exact) mass is 411 g/mol. The van der Waals surface area contributed by atoms with E-state index < -0.39 is 0 Å². The molecule has 31 heavy (non-hydrogen) atoms. The van der Waals surface area contributed by atoms with Gasteiger partial charge < -0.3 is 18.8 Å². The standard InChI is InChI=1S/C27H25NO3/c1-29-25-15-20(16-26(30-2)27(25)31-3)28-23-14-13-18-9-7-8-12-21(18)22(23)17-24(28)19-10-5-4-6-11-19/h4-12,15-17H,13-14H2,1-3H3. The molecule has 0 amide bonds. The van der Waals surface area contributed by atoms with E-state index in [4.69, 9.17) is 14.2 Å². The van der Waals surface area contributed by atoms with Crippen LogP contribution in [0.5, 0.6) is 17.2 Å². The van der Waals surface area contributed by atoms with Crippen LogP contribution in [-0.2, 0) is 12.8 Å². The molecule has 0 saturated carbocycles. The number of benzene rings is 3. The Balaban J connectivity index is 1.81. The van der Waals surface area contributed by atoms with Gasteiger partial charge in [-0.2, -0.15) is 0 Å². The lowest BCUT2D eigenvalue weighted by atomic mass is 9.90. The maximum atomic E-state index is 5.65. The van der Waals surface area contributed by atoms with Crippen molar-refractivity contribution in [2.24, 2.45) is 0 Å². The normalized spacial score (nSPS) is 12.1. The van der Waals surface area contributed by atoms with Crippen LogP contribution in [0.3, 0.4) is 0 Å². The zero-order chi connectivity index (χ0) is 21.4. The lowest BCUT2D eigenvalue weighted by molar-refractivity contribution is 0.324.